The molecule has 0 saturated carbocycles. The summed E-state index contributed by atoms with van der Waals surface area (Å²) in [4.78, 5) is 30.6. The van der Waals surface area contributed by atoms with Gasteiger partial charge in [0.1, 0.15) is 6.04 Å². The maximum Gasteiger partial charge on any atom is 0.326 e. The molecule has 0 saturated heterocycles. The number of hydrogen-bond donors (Lipinski definition) is 4. The van der Waals surface area contributed by atoms with Gasteiger partial charge in [0.2, 0.25) is 0 Å². The Hall–Kier alpha value is -4.43. The number of aliphatic carboxylic acids is 1. The number of thiophene rings is 1. The van der Waals surface area contributed by atoms with Crippen molar-refractivity contribution in [2.75, 3.05) is 6.54 Å². The molecular weight excluding hydrogens is 496 g/mol. The monoisotopic (exact) mass is 526 g/mol. The van der Waals surface area contributed by atoms with Gasteiger partial charge in [0, 0.05) is 17.3 Å². The fraction of sp³-hybridized carbons (Fsp3) is 0.167. The standard InChI is InChI=1S/C30H30N4O3S/c31-30(32)33-18-10-17-24(29(36)37)34-28(35)25-19-23(20-11-4-1-5-12-20)27(38-25)26(21-13-6-2-7-14-21)22-15-8-3-9-16-22/h1-9,11-16,19,24,26H,10,17-18H2,(H,34,35)(H,36,37)(H4,31,32,33)/t24-/m0/s1. The molecule has 38 heavy (non-hydrogen) atoms. The maximum absolute atomic E-state index is 13.4. The fourth-order valence-corrected chi connectivity index (χ4v) is 5.59. The quantitative estimate of drug-likeness (QED) is 0.126. The normalized spacial score (nSPS) is 11.6. The molecule has 1 aromatic heterocycles. The molecule has 0 aliphatic heterocycles. The van der Waals surface area contributed by atoms with Gasteiger partial charge < -0.3 is 21.9 Å². The number of rotatable bonds is 11. The van der Waals surface area contributed by atoms with E-state index in [1.807, 2.05) is 72.8 Å². The number of aliphatic imine (C=N–C) groups is 1. The van der Waals surface area contributed by atoms with Crippen molar-refractivity contribution in [2.45, 2.75) is 24.8 Å². The van der Waals surface area contributed by atoms with Gasteiger partial charge in [0.05, 0.1) is 4.88 Å². The third kappa shape index (κ3) is 6.66. The minimum Gasteiger partial charge on any atom is -0.480 e. The van der Waals surface area contributed by atoms with E-state index < -0.39 is 17.9 Å². The van der Waals surface area contributed by atoms with Crippen LogP contribution >= 0.6 is 11.3 Å². The Morgan fingerprint density at radius 3 is 1.95 bits per heavy atom. The van der Waals surface area contributed by atoms with Gasteiger partial charge in [-0.25, -0.2) is 4.79 Å². The molecule has 0 aliphatic carbocycles. The van der Waals surface area contributed by atoms with Crippen molar-refractivity contribution in [3.8, 4) is 11.1 Å². The van der Waals surface area contributed by atoms with Gasteiger partial charge in [-0.05, 0) is 41.2 Å². The van der Waals surface area contributed by atoms with E-state index in [4.69, 9.17) is 11.5 Å². The number of carboxylic acid groups (broad SMARTS) is 1. The minimum atomic E-state index is -1.10. The number of carboxylic acids is 1. The number of nitrogens with one attached hydrogen (secondary N) is 1. The molecule has 0 radical (unpaired) electrons. The molecular formula is C30H30N4O3S. The summed E-state index contributed by atoms with van der Waals surface area (Å²) in [5.74, 6) is -1.68. The lowest BCUT2D eigenvalue weighted by atomic mass is 9.87. The molecule has 0 aliphatic rings. The van der Waals surface area contributed by atoms with Gasteiger partial charge in [-0.2, -0.15) is 0 Å². The van der Waals surface area contributed by atoms with Crippen LogP contribution in [-0.2, 0) is 4.79 Å². The zero-order chi connectivity index (χ0) is 26.9. The second-order valence-electron chi connectivity index (χ2n) is 8.82. The number of amides is 1. The van der Waals surface area contributed by atoms with E-state index in [-0.39, 0.29) is 18.3 Å². The fourth-order valence-electron chi connectivity index (χ4n) is 4.35. The average molecular weight is 527 g/mol. The third-order valence-electron chi connectivity index (χ3n) is 6.15. The van der Waals surface area contributed by atoms with Gasteiger partial charge in [0.15, 0.2) is 5.96 Å². The highest BCUT2D eigenvalue weighted by molar-refractivity contribution is 7.14. The van der Waals surface area contributed by atoms with Crippen LogP contribution in [0.5, 0.6) is 0 Å². The van der Waals surface area contributed by atoms with Crippen LogP contribution in [0.15, 0.2) is 102 Å². The van der Waals surface area contributed by atoms with Crippen molar-refractivity contribution < 1.29 is 14.7 Å². The minimum absolute atomic E-state index is 0.0492. The maximum atomic E-state index is 13.4. The van der Waals surface area contributed by atoms with Crippen LogP contribution in [0.3, 0.4) is 0 Å². The topological polar surface area (TPSA) is 131 Å². The van der Waals surface area contributed by atoms with E-state index in [9.17, 15) is 14.7 Å². The van der Waals surface area contributed by atoms with Gasteiger partial charge in [-0.3, -0.25) is 9.79 Å². The highest BCUT2D eigenvalue weighted by Gasteiger charge is 2.27. The summed E-state index contributed by atoms with van der Waals surface area (Å²) in [6.45, 7) is 0.291. The van der Waals surface area contributed by atoms with E-state index in [0.29, 0.717) is 17.8 Å². The molecule has 8 heteroatoms. The van der Waals surface area contributed by atoms with Crippen LogP contribution in [0.4, 0.5) is 0 Å². The van der Waals surface area contributed by atoms with Crippen LogP contribution in [0, 0.1) is 0 Å². The number of benzene rings is 3. The number of carbonyl (C=O) groups excluding carboxylic acids is 1. The zero-order valence-electron chi connectivity index (χ0n) is 20.8. The number of nitrogens with zero attached hydrogens (tertiary/aromatic N) is 1. The van der Waals surface area contributed by atoms with Crippen molar-refractivity contribution in [3.05, 3.63) is 118 Å². The highest BCUT2D eigenvalue weighted by atomic mass is 32.1. The summed E-state index contributed by atoms with van der Waals surface area (Å²) in [7, 11) is 0. The van der Waals surface area contributed by atoms with E-state index in [2.05, 4.69) is 34.6 Å². The van der Waals surface area contributed by atoms with Crippen LogP contribution in [0.25, 0.3) is 11.1 Å². The second-order valence-corrected chi connectivity index (χ2v) is 9.91. The van der Waals surface area contributed by atoms with E-state index in [1.54, 1.807) is 0 Å². The first-order chi connectivity index (χ1) is 18.4. The number of guanidine groups is 1. The predicted octanol–water partition coefficient (Wildman–Crippen LogP) is 4.83. The number of carbonyl (C=O) groups is 2. The summed E-state index contributed by atoms with van der Waals surface area (Å²) < 4.78 is 0. The van der Waals surface area contributed by atoms with Crippen molar-refractivity contribution in [1.82, 2.24) is 5.32 Å². The van der Waals surface area contributed by atoms with Crippen LogP contribution in [0.1, 0.15) is 44.4 Å². The summed E-state index contributed by atoms with van der Waals surface area (Å²) >= 11 is 1.39. The lowest BCUT2D eigenvalue weighted by molar-refractivity contribution is -0.139. The summed E-state index contributed by atoms with van der Waals surface area (Å²) in [5, 5.41) is 12.4. The predicted molar refractivity (Wildman–Crippen MR) is 152 cm³/mol. The molecule has 4 aromatic rings. The lowest BCUT2D eigenvalue weighted by Crippen LogP contribution is -2.40. The highest BCUT2D eigenvalue weighted by Crippen LogP contribution is 2.43. The first-order valence-electron chi connectivity index (χ1n) is 12.3. The Kier molecular flexibility index (Phi) is 8.89. The lowest BCUT2D eigenvalue weighted by Gasteiger charge is -2.19. The molecule has 0 spiro atoms. The molecule has 1 atom stereocenters. The molecule has 4 rings (SSSR count). The Bertz CT molecular complexity index is 1350. The largest absolute Gasteiger partial charge is 0.480 e. The molecule has 7 nitrogen and oxygen atoms in total. The van der Waals surface area contributed by atoms with E-state index >= 15 is 0 Å². The summed E-state index contributed by atoms with van der Waals surface area (Å²) in [6, 6.07) is 31.1. The van der Waals surface area contributed by atoms with Crippen LogP contribution in [-0.4, -0.2) is 35.5 Å². The molecule has 0 bridgehead atoms. The molecule has 6 N–H and O–H groups in total. The summed E-state index contributed by atoms with van der Waals surface area (Å²) in [5.41, 5.74) is 14.8. The first kappa shape index (κ1) is 26.6. The Morgan fingerprint density at radius 2 is 1.42 bits per heavy atom. The first-order valence-corrected chi connectivity index (χ1v) is 13.1. The van der Waals surface area contributed by atoms with Crippen molar-refractivity contribution in [1.29, 1.82) is 0 Å². The molecule has 0 unspecified atom stereocenters. The number of nitrogens with two attached hydrogens (primary N) is 2. The van der Waals surface area contributed by atoms with Gasteiger partial charge in [-0.1, -0.05) is 91.0 Å². The van der Waals surface area contributed by atoms with E-state index in [0.717, 1.165) is 27.1 Å². The Labute approximate surface area is 225 Å². The van der Waals surface area contributed by atoms with Crippen molar-refractivity contribution >= 4 is 29.2 Å². The molecule has 194 valence electrons. The van der Waals surface area contributed by atoms with Crippen LogP contribution < -0.4 is 16.8 Å². The van der Waals surface area contributed by atoms with Crippen molar-refractivity contribution in [3.63, 3.8) is 0 Å². The molecule has 3 aromatic carbocycles. The Balaban J connectivity index is 1.72. The van der Waals surface area contributed by atoms with E-state index in [1.165, 1.54) is 11.3 Å². The van der Waals surface area contributed by atoms with Gasteiger partial charge >= 0.3 is 5.97 Å². The molecule has 1 heterocycles. The van der Waals surface area contributed by atoms with Crippen molar-refractivity contribution in [2.24, 2.45) is 16.5 Å². The smallest absolute Gasteiger partial charge is 0.326 e. The van der Waals surface area contributed by atoms with Crippen LogP contribution in [0.2, 0.25) is 0 Å². The molecule has 0 fully saturated rings. The Morgan fingerprint density at radius 1 is 0.868 bits per heavy atom. The third-order valence-corrected chi connectivity index (χ3v) is 7.34. The summed E-state index contributed by atoms with van der Waals surface area (Å²) in [6.07, 6.45) is 0.627. The zero-order valence-corrected chi connectivity index (χ0v) is 21.6. The second kappa shape index (κ2) is 12.7. The molecule has 1 amide bonds. The van der Waals surface area contributed by atoms with Gasteiger partial charge in [0.25, 0.3) is 5.91 Å². The average Bonchev–Trinajstić information content (AvgIpc) is 3.37. The van der Waals surface area contributed by atoms with Gasteiger partial charge in [-0.15, -0.1) is 11.3 Å². The SMILES string of the molecule is NC(N)=NCCC[C@H](NC(=O)c1cc(-c2ccccc2)c(C(c2ccccc2)c2ccccc2)s1)C(=O)O. The number of hydrogen-bond acceptors (Lipinski definition) is 4.